The van der Waals surface area contributed by atoms with Gasteiger partial charge in [-0.15, -0.1) is 0 Å². The van der Waals surface area contributed by atoms with Crippen LogP contribution in [0.2, 0.25) is 0 Å². The lowest BCUT2D eigenvalue weighted by Gasteiger charge is -2.36. The molecule has 4 rings (SSSR count). The fraction of sp³-hybridized carbons (Fsp3) is 0.444. The Balaban J connectivity index is 1.61. The number of rotatable bonds is 8. The van der Waals surface area contributed by atoms with Crippen LogP contribution in [0.5, 0.6) is 5.75 Å². The molecule has 4 atom stereocenters. The quantitative estimate of drug-likeness (QED) is 0.336. The van der Waals surface area contributed by atoms with Gasteiger partial charge in [0.1, 0.15) is 5.75 Å². The summed E-state index contributed by atoms with van der Waals surface area (Å²) < 4.78 is 12.8. The van der Waals surface area contributed by atoms with Crippen LogP contribution in [0.4, 0.5) is 5.69 Å². The van der Waals surface area contributed by atoms with Crippen molar-refractivity contribution in [2.24, 2.45) is 5.92 Å². The van der Waals surface area contributed by atoms with Crippen LogP contribution in [-0.4, -0.2) is 78.3 Å². The van der Waals surface area contributed by atoms with Crippen molar-refractivity contribution in [2.45, 2.75) is 64.8 Å². The molecule has 0 aliphatic carbocycles. The van der Waals surface area contributed by atoms with Gasteiger partial charge in [-0.05, 0) is 76.1 Å². The minimum Gasteiger partial charge on any atom is -0.490 e. The van der Waals surface area contributed by atoms with Gasteiger partial charge in [0.25, 0.3) is 11.8 Å². The van der Waals surface area contributed by atoms with Gasteiger partial charge in [0.05, 0.1) is 30.4 Å². The van der Waals surface area contributed by atoms with Crippen LogP contribution in [0.25, 0.3) is 0 Å². The van der Waals surface area contributed by atoms with E-state index in [4.69, 9.17) is 9.47 Å². The second-order valence-electron chi connectivity index (χ2n) is 12.0. The molecule has 1 heterocycles. The molecule has 0 bridgehead atoms. The highest BCUT2D eigenvalue weighted by Crippen LogP contribution is 2.29. The molecular weight excluding hydrogens is 554 g/mol. The SMILES string of the molecule is C[C@H]1CCCCO[C@H](CN(C)Cc2ccccc2)[C@@H](C)CN([C@@H](C)CO)C(=O)c2cc(NC(=O)c3ccccc3)ccc2O1. The van der Waals surface area contributed by atoms with Gasteiger partial charge in [-0.25, -0.2) is 0 Å². The minimum absolute atomic E-state index is 0.0154. The second-order valence-corrected chi connectivity index (χ2v) is 12.0. The van der Waals surface area contributed by atoms with Crippen molar-refractivity contribution in [2.75, 3.05) is 38.7 Å². The number of nitrogens with one attached hydrogen (secondary N) is 1. The smallest absolute Gasteiger partial charge is 0.258 e. The standard InChI is InChI=1S/C36H47N3O5/c1-26-22-39(27(2)25-40)36(42)32-21-31(37-35(41)30-16-9-6-10-17-30)18-19-33(32)44-28(3)13-11-12-20-43-34(26)24-38(4)23-29-14-7-5-8-15-29/h5-10,14-19,21,26-28,34,40H,11-13,20,22-25H2,1-4H3,(H,37,41)/t26-,27-,28-,34+/m0/s1. The Morgan fingerprint density at radius 1 is 1.05 bits per heavy atom. The third-order valence-electron chi connectivity index (χ3n) is 8.13. The summed E-state index contributed by atoms with van der Waals surface area (Å²) >= 11 is 0. The van der Waals surface area contributed by atoms with Crippen LogP contribution < -0.4 is 10.1 Å². The van der Waals surface area contributed by atoms with Gasteiger partial charge in [-0.3, -0.25) is 14.5 Å². The van der Waals surface area contributed by atoms with E-state index in [0.717, 1.165) is 25.8 Å². The van der Waals surface area contributed by atoms with Crippen LogP contribution >= 0.6 is 0 Å². The number of carbonyl (C=O) groups is 2. The number of carbonyl (C=O) groups excluding carboxylic acids is 2. The summed E-state index contributed by atoms with van der Waals surface area (Å²) in [4.78, 5) is 31.2. The van der Waals surface area contributed by atoms with Crippen LogP contribution in [0.15, 0.2) is 78.9 Å². The Morgan fingerprint density at radius 3 is 2.45 bits per heavy atom. The molecule has 1 aliphatic rings. The summed E-state index contributed by atoms with van der Waals surface area (Å²) in [5.41, 5.74) is 2.61. The maximum Gasteiger partial charge on any atom is 0.258 e. The first kappa shape index (κ1) is 33.2. The Kier molecular flexibility index (Phi) is 12.4. The predicted octanol–water partition coefficient (Wildman–Crippen LogP) is 5.87. The molecule has 2 amide bonds. The van der Waals surface area contributed by atoms with E-state index in [0.29, 0.717) is 42.3 Å². The summed E-state index contributed by atoms with van der Waals surface area (Å²) in [6.45, 7) is 8.28. The molecule has 8 nitrogen and oxygen atoms in total. The summed E-state index contributed by atoms with van der Waals surface area (Å²) in [7, 11) is 2.09. The van der Waals surface area contributed by atoms with E-state index >= 15 is 0 Å². The number of aliphatic hydroxyl groups is 1. The van der Waals surface area contributed by atoms with Crippen molar-refractivity contribution in [3.05, 3.63) is 95.6 Å². The van der Waals surface area contributed by atoms with Crippen LogP contribution in [0, 0.1) is 5.92 Å². The number of benzene rings is 3. The van der Waals surface area contributed by atoms with E-state index in [1.54, 1.807) is 35.2 Å². The molecule has 236 valence electrons. The maximum absolute atomic E-state index is 14.3. The molecule has 0 saturated carbocycles. The molecular formula is C36H47N3O5. The molecule has 0 aromatic heterocycles. The van der Waals surface area contributed by atoms with Crippen molar-refractivity contribution in [1.82, 2.24) is 9.80 Å². The van der Waals surface area contributed by atoms with Gasteiger partial charge in [-0.2, -0.15) is 0 Å². The Bertz CT molecular complexity index is 1340. The molecule has 3 aromatic carbocycles. The van der Waals surface area contributed by atoms with Crippen LogP contribution in [-0.2, 0) is 11.3 Å². The van der Waals surface area contributed by atoms with E-state index in [1.165, 1.54) is 5.56 Å². The van der Waals surface area contributed by atoms with E-state index < -0.39 is 6.04 Å². The molecule has 8 heteroatoms. The zero-order valence-electron chi connectivity index (χ0n) is 26.4. The normalized spacial score (nSPS) is 20.7. The lowest BCUT2D eigenvalue weighted by atomic mass is 10.0. The first-order valence-electron chi connectivity index (χ1n) is 15.7. The summed E-state index contributed by atoms with van der Waals surface area (Å²) in [6.07, 6.45) is 2.42. The number of likely N-dealkylation sites (N-methyl/N-ethyl adjacent to an activating group) is 1. The van der Waals surface area contributed by atoms with Crippen molar-refractivity contribution in [3.8, 4) is 5.75 Å². The zero-order chi connectivity index (χ0) is 31.5. The summed E-state index contributed by atoms with van der Waals surface area (Å²) in [5, 5.41) is 13.1. The van der Waals surface area contributed by atoms with Crippen molar-refractivity contribution >= 4 is 17.5 Å². The monoisotopic (exact) mass is 601 g/mol. The van der Waals surface area contributed by atoms with Crippen molar-refractivity contribution < 1.29 is 24.2 Å². The second kappa shape index (κ2) is 16.4. The highest BCUT2D eigenvalue weighted by Gasteiger charge is 2.30. The molecule has 0 radical (unpaired) electrons. The van der Waals surface area contributed by atoms with E-state index in [1.807, 2.05) is 50.2 Å². The molecule has 0 fully saturated rings. The number of hydrogen-bond donors (Lipinski definition) is 2. The molecule has 44 heavy (non-hydrogen) atoms. The Hall–Kier alpha value is -3.72. The fourth-order valence-corrected chi connectivity index (χ4v) is 5.52. The lowest BCUT2D eigenvalue weighted by molar-refractivity contribution is -0.0177. The van der Waals surface area contributed by atoms with Gasteiger partial charge >= 0.3 is 0 Å². The largest absolute Gasteiger partial charge is 0.490 e. The average molecular weight is 602 g/mol. The topological polar surface area (TPSA) is 91.3 Å². The fourth-order valence-electron chi connectivity index (χ4n) is 5.52. The number of hydrogen-bond acceptors (Lipinski definition) is 6. The third kappa shape index (κ3) is 9.39. The van der Waals surface area contributed by atoms with Gasteiger partial charge in [0.15, 0.2) is 0 Å². The third-order valence-corrected chi connectivity index (χ3v) is 8.13. The van der Waals surface area contributed by atoms with Crippen molar-refractivity contribution in [3.63, 3.8) is 0 Å². The van der Waals surface area contributed by atoms with Crippen LogP contribution in [0.1, 0.15) is 66.3 Å². The summed E-state index contributed by atoms with van der Waals surface area (Å²) in [6, 6.07) is 24.1. The Labute approximate surface area is 262 Å². The molecule has 0 spiro atoms. The first-order valence-corrected chi connectivity index (χ1v) is 15.7. The number of anilines is 1. The number of nitrogens with zero attached hydrogens (tertiary/aromatic N) is 2. The number of ether oxygens (including phenoxy) is 2. The van der Waals surface area contributed by atoms with Gasteiger partial charge in [0, 0.05) is 43.4 Å². The summed E-state index contributed by atoms with van der Waals surface area (Å²) in [5.74, 6) is -0.0688. The van der Waals surface area contributed by atoms with Gasteiger partial charge in [-0.1, -0.05) is 55.5 Å². The molecule has 1 aliphatic heterocycles. The van der Waals surface area contributed by atoms with Crippen LogP contribution in [0.3, 0.4) is 0 Å². The Morgan fingerprint density at radius 2 is 1.75 bits per heavy atom. The molecule has 0 unspecified atom stereocenters. The highest BCUT2D eigenvalue weighted by atomic mass is 16.5. The molecule has 2 N–H and O–H groups in total. The van der Waals surface area contributed by atoms with E-state index in [2.05, 4.69) is 36.3 Å². The van der Waals surface area contributed by atoms with E-state index in [9.17, 15) is 14.7 Å². The van der Waals surface area contributed by atoms with Gasteiger partial charge in [0.2, 0.25) is 0 Å². The van der Waals surface area contributed by atoms with E-state index in [-0.39, 0.29) is 36.5 Å². The number of aliphatic hydroxyl groups excluding tert-OH is 1. The number of fused-ring (bicyclic) bond motifs is 1. The minimum atomic E-state index is -0.437. The molecule has 3 aromatic rings. The number of amides is 2. The van der Waals surface area contributed by atoms with Crippen molar-refractivity contribution in [1.29, 1.82) is 0 Å². The zero-order valence-corrected chi connectivity index (χ0v) is 26.4. The predicted molar refractivity (Wildman–Crippen MR) is 174 cm³/mol. The average Bonchev–Trinajstić information content (AvgIpc) is 3.03. The lowest BCUT2D eigenvalue weighted by Crippen LogP contribution is -2.47. The van der Waals surface area contributed by atoms with Gasteiger partial charge < -0.3 is 24.8 Å². The molecule has 0 saturated heterocycles. The highest BCUT2D eigenvalue weighted by molar-refractivity contribution is 6.05. The first-order chi connectivity index (χ1) is 21.2. The maximum atomic E-state index is 14.3.